The van der Waals surface area contributed by atoms with Crippen LogP contribution in [0.25, 0.3) is 11.4 Å². The summed E-state index contributed by atoms with van der Waals surface area (Å²) in [5.74, 6) is 0.474. The van der Waals surface area contributed by atoms with Gasteiger partial charge >= 0.3 is 0 Å². The Morgan fingerprint density at radius 3 is 2.65 bits per heavy atom. The molecule has 0 amide bonds. The second kappa shape index (κ2) is 7.56. The van der Waals surface area contributed by atoms with Crippen LogP contribution in [-0.2, 0) is 15.8 Å². The van der Waals surface area contributed by atoms with Crippen LogP contribution in [-0.4, -0.2) is 42.0 Å². The molecule has 3 aromatic rings. The number of nitrogens with zero attached hydrogens (tertiary/aromatic N) is 3. The number of thioether (sulfide) groups is 1. The van der Waals surface area contributed by atoms with Crippen molar-refractivity contribution in [1.82, 2.24) is 19.5 Å². The Morgan fingerprint density at radius 1 is 1.15 bits per heavy atom. The molecule has 0 bridgehead atoms. The van der Waals surface area contributed by atoms with Crippen LogP contribution in [0.3, 0.4) is 0 Å². The number of rotatable bonds is 6. The molecule has 0 aliphatic rings. The maximum absolute atomic E-state index is 13.8. The van der Waals surface area contributed by atoms with Crippen LogP contribution in [0.1, 0.15) is 5.56 Å². The molecule has 0 saturated carbocycles. The zero-order valence-electron chi connectivity index (χ0n) is 14.2. The Bertz CT molecular complexity index is 1020. The molecule has 0 radical (unpaired) electrons. The van der Waals surface area contributed by atoms with E-state index in [-0.39, 0.29) is 10.7 Å². The molecule has 0 fully saturated rings. The summed E-state index contributed by atoms with van der Waals surface area (Å²) in [7, 11) is -0.485. The summed E-state index contributed by atoms with van der Waals surface area (Å²) < 4.78 is 39.4. The lowest BCUT2D eigenvalue weighted by Gasteiger charge is -2.12. The average molecular weight is 392 g/mol. The lowest BCUT2D eigenvalue weighted by Crippen LogP contribution is -2.22. The third-order valence-corrected chi connectivity index (χ3v) is 6.37. The van der Waals surface area contributed by atoms with Crippen molar-refractivity contribution in [1.29, 1.82) is 0 Å². The summed E-state index contributed by atoms with van der Waals surface area (Å²) in [6.07, 6.45) is 0. The van der Waals surface area contributed by atoms with Crippen LogP contribution in [0.4, 0.5) is 4.39 Å². The molecule has 0 atom stereocenters. The summed E-state index contributed by atoms with van der Waals surface area (Å²) in [5, 5.41) is 7.27. The Morgan fingerprint density at radius 2 is 1.92 bits per heavy atom. The van der Waals surface area contributed by atoms with E-state index in [0.29, 0.717) is 22.3 Å². The second-order valence-corrected chi connectivity index (χ2v) is 8.76. The summed E-state index contributed by atoms with van der Waals surface area (Å²) in [6, 6.07) is 13.1. The topological polar surface area (TPSA) is 79.0 Å². The minimum Gasteiger partial charge on any atom is -0.258 e. The van der Waals surface area contributed by atoms with Crippen molar-refractivity contribution < 1.29 is 12.8 Å². The molecule has 1 heterocycles. The summed E-state index contributed by atoms with van der Waals surface area (Å²) in [6.45, 7) is 0. The molecule has 0 unspecified atom stereocenters. The zero-order chi connectivity index (χ0) is 18.7. The molecule has 0 aliphatic carbocycles. The SMILES string of the molecule is CN(C)S(=O)(=O)c1cccc(CSc2n[nH]c(-c3ccccc3F)n2)c1. The largest absolute Gasteiger partial charge is 0.258 e. The number of aromatic amines is 1. The number of sulfonamides is 1. The Labute approximate surface area is 155 Å². The van der Waals surface area contributed by atoms with Crippen molar-refractivity contribution in [3.8, 4) is 11.4 Å². The number of aromatic nitrogens is 3. The fourth-order valence-corrected chi connectivity index (χ4v) is 3.95. The van der Waals surface area contributed by atoms with Crippen LogP contribution in [0.15, 0.2) is 58.6 Å². The van der Waals surface area contributed by atoms with E-state index in [2.05, 4.69) is 15.2 Å². The number of nitrogens with one attached hydrogen (secondary N) is 1. The van der Waals surface area contributed by atoms with E-state index in [4.69, 9.17) is 0 Å². The first-order valence-corrected chi connectivity index (χ1v) is 10.1. The van der Waals surface area contributed by atoms with Crippen molar-refractivity contribution in [3.63, 3.8) is 0 Å². The summed E-state index contributed by atoms with van der Waals surface area (Å²) >= 11 is 1.34. The third kappa shape index (κ3) is 3.95. The predicted molar refractivity (Wildman–Crippen MR) is 98.7 cm³/mol. The van der Waals surface area contributed by atoms with Crippen molar-refractivity contribution in [2.75, 3.05) is 14.1 Å². The van der Waals surface area contributed by atoms with E-state index < -0.39 is 10.0 Å². The van der Waals surface area contributed by atoms with Crippen molar-refractivity contribution in [2.24, 2.45) is 0 Å². The standard InChI is InChI=1S/C17H17FN4O2S2/c1-22(2)26(23,24)13-7-5-6-12(10-13)11-25-17-19-16(20-21-17)14-8-3-4-9-15(14)18/h3-10H,11H2,1-2H3,(H,19,20,21). The predicted octanol–water partition coefficient (Wildman–Crippen LogP) is 3.15. The van der Waals surface area contributed by atoms with Gasteiger partial charge in [0.1, 0.15) is 5.82 Å². The van der Waals surface area contributed by atoms with E-state index in [9.17, 15) is 12.8 Å². The molecule has 136 valence electrons. The lowest BCUT2D eigenvalue weighted by atomic mass is 10.2. The van der Waals surface area contributed by atoms with Crippen LogP contribution in [0.2, 0.25) is 0 Å². The second-order valence-electron chi connectivity index (χ2n) is 5.67. The number of benzene rings is 2. The van der Waals surface area contributed by atoms with Crippen LogP contribution < -0.4 is 0 Å². The number of H-pyrrole nitrogens is 1. The highest BCUT2D eigenvalue weighted by molar-refractivity contribution is 7.98. The van der Waals surface area contributed by atoms with E-state index in [1.807, 2.05) is 6.07 Å². The molecule has 1 N–H and O–H groups in total. The van der Waals surface area contributed by atoms with Gasteiger partial charge in [0.15, 0.2) is 5.82 Å². The fraction of sp³-hybridized carbons (Fsp3) is 0.176. The van der Waals surface area contributed by atoms with Gasteiger partial charge in [0.05, 0.1) is 10.5 Å². The normalized spacial score (nSPS) is 11.8. The Hall–Kier alpha value is -2.23. The smallest absolute Gasteiger partial charge is 0.242 e. The van der Waals surface area contributed by atoms with Crippen LogP contribution in [0.5, 0.6) is 0 Å². The quantitative estimate of drug-likeness (QED) is 0.652. The molecular formula is C17H17FN4O2S2. The van der Waals surface area contributed by atoms with Gasteiger partial charge in [-0.25, -0.2) is 22.1 Å². The van der Waals surface area contributed by atoms with Crippen molar-refractivity contribution in [3.05, 3.63) is 59.9 Å². The maximum Gasteiger partial charge on any atom is 0.242 e. The molecule has 1 aromatic heterocycles. The maximum atomic E-state index is 13.8. The highest BCUT2D eigenvalue weighted by atomic mass is 32.2. The highest BCUT2D eigenvalue weighted by Gasteiger charge is 2.17. The van der Waals surface area contributed by atoms with Gasteiger partial charge in [-0.3, -0.25) is 5.10 Å². The third-order valence-electron chi connectivity index (χ3n) is 3.64. The fourth-order valence-electron chi connectivity index (χ4n) is 2.24. The van der Waals surface area contributed by atoms with E-state index in [1.165, 1.54) is 36.2 Å². The molecule has 0 spiro atoms. The molecule has 2 aromatic carbocycles. The first kappa shape index (κ1) is 18.6. The molecule has 9 heteroatoms. The first-order valence-electron chi connectivity index (χ1n) is 7.69. The van der Waals surface area contributed by atoms with Gasteiger partial charge in [-0.15, -0.1) is 5.10 Å². The first-order chi connectivity index (χ1) is 12.4. The van der Waals surface area contributed by atoms with Gasteiger partial charge < -0.3 is 0 Å². The van der Waals surface area contributed by atoms with Gasteiger partial charge in [0, 0.05) is 19.8 Å². The number of hydrogen-bond donors (Lipinski definition) is 1. The minimum atomic E-state index is -3.47. The minimum absolute atomic E-state index is 0.239. The molecule has 6 nitrogen and oxygen atoms in total. The summed E-state index contributed by atoms with van der Waals surface area (Å²) in [5.41, 5.74) is 1.18. The van der Waals surface area contributed by atoms with E-state index in [0.717, 1.165) is 5.56 Å². The molecule has 26 heavy (non-hydrogen) atoms. The Balaban J connectivity index is 1.74. The average Bonchev–Trinajstić information content (AvgIpc) is 3.09. The molecular weight excluding hydrogens is 375 g/mol. The van der Waals surface area contributed by atoms with Gasteiger partial charge in [0.2, 0.25) is 15.2 Å². The lowest BCUT2D eigenvalue weighted by molar-refractivity contribution is 0.520. The van der Waals surface area contributed by atoms with Crippen molar-refractivity contribution in [2.45, 2.75) is 15.8 Å². The number of hydrogen-bond acceptors (Lipinski definition) is 5. The monoisotopic (exact) mass is 392 g/mol. The van der Waals surface area contributed by atoms with E-state index >= 15 is 0 Å². The van der Waals surface area contributed by atoms with Gasteiger partial charge in [-0.05, 0) is 29.8 Å². The highest BCUT2D eigenvalue weighted by Crippen LogP contribution is 2.25. The van der Waals surface area contributed by atoms with E-state index in [1.54, 1.807) is 36.4 Å². The number of halogens is 1. The molecule has 0 aliphatic heterocycles. The molecule has 3 rings (SSSR count). The van der Waals surface area contributed by atoms with Gasteiger partial charge in [0.25, 0.3) is 0 Å². The van der Waals surface area contributed by atoms with Gasteiger partial charge in [-0.2, -0.15) is 0 Å². The zero-order valence-corrected chi connectivity index (χ0v) is 15.8. The van der Waals surface area contributed by atoms with Crippen LogP contribution >= 0.6 is 11.8 Å². The Kier molecular flexibility index (Phi) is 5.40. The molecule has 0 saturated heterocycles. The van der Waals surface area contributed by atoms with Crippen molar-refractivity contribution >= 4 is 21.8 Å². The van der Waals surface area contributed by atoms with Crippen LogP contribution in [0, 0.1) is 5.82 Å². The van der Waals surface area contributed by atoms with Gasteiger partial charge in [-0.1, -0.05) is 36.0 Å². The summed E-state index contributed by atoms with van der Waals surface area (Å²) in [4.78, 5) is 4.52.